The van der Waals surface area contributed by atoms with Crippen LogP contribution in [0, 0.1) is 152 Å². The molecule has 27 atom stereocenters. The van der Waals surface area contributed by atoms with Gasteiger partial charge < -0.3 is 9.47 Å². The van der Waals surface area contributed by atoms with Crippen LogP contribution in [0.1, 0.15) is 76.7 Å². The molecule has 12 saturated carbocycles. The fourth-order valence-electron chi connectivity index (χ4n) is 27.7. The smallest absolute Gasteiger partial charge is 0.305 e. The molecule has 0 bridgehead atoms. The van der Waals surface area contributed by atoms with Gasteiger partial charge in [-0.25, -0.2) is 0 Å². The van der Waals surface area contributed by atoms with Gasteiger partial charge in [0.05, 0.1) is 14.2 Å². The summed E-state index contributed by atoms with van der Waals surface area (Å²) in [5, 5.41) is 0. The van der Waals surface area contributed by atoms with E-state index in [2.05, 4.69) is 84.4 Å². The number of rotatable bonds is 11. The zero-order valence-corrected chi connectivity index (χ0v) is 39.0. The molecule has 0 radical (unpaired) electrons. The monoisotopic (exact) mass is 872 g/mol. The average Bonchev–Trinajstić information content (AvgIpc) is 3.76. The second-order valence-electron chi connectivity index (χ2n) is 26.8. The predicted octanol–water partition coefficient (Wildman–Crippen LogP) is 11.1. The lowest BCUT2D eigenvalue weighted by Gasteiger charge is -2.60. The van der Waals surface area contributed by atoms with Crippen LogP contribution >= 0.6 is 0 Å². The molecule has 2 spiro atoms. The standard InChI is InChI=1S/C62H64O4/c1-5-11-25(2)59(16-9-14-34(63)65-3)57-33-22-28-20-29-23-62-56-52-39(29)36(28)45-42(33)54-49-47-44-38-26(19-30-24-61(57,59)55(54)40(30)44)18-27-21-32(41-37(27)43(38)46(47)51(53(41)56)50(52)48(45)49)58(62)60(62,17-10-15-35(64)66-4)31-12-7-6-8-13-31/h5-8,11-13,18,22,24,26,28-29,37-40,42-44,46-58H,2,9-10,14-17,19-21,23H2,1,3-4H3. The minimum atomic E-state index is -0.0518. The highest BCUT2D eigenvalue weighted by Crippen LogP contribution is 3.00. The number of methoxy groups -OCH3 is 2. The molecule has 0 amide bonds. The minimum Gasteiger partial charge on any atom is -0.469 e. The van der Waals surface area contributed by atoms with Crippen LogP contribution in [0.4, 0.5) is 0 Å². The maximum absolute atomic E-state index is 13.0. The van der Waals surface area contributed by atoms with E-state index in [1.807, 2.05) is 22.3 Å². The molecule has 0 N–H and O–H groups in total. The van der Waals surface area contributed by atoms with E-state index < -0.39 is 0 Å². The van der Waals surface area contributed by atoms with Crippen LogP contribution in [-0.2, 0) is 24.5 Å². The van der Waals surface area contributed by atoms with Crippen molar-refractivity contribution in [3.8, 4) is 0 Å². The highest BCUT2D eigenvalue weighted by molar-refractivity contribution is 5.71. The van der Waals surface area contributed by atoms with Crippen molar-refractivity contribution >= 4 is 11.9 Å². The molecule has 4 nitrogen and oxygen atoms in total. The molecule has 18 aliphatic carbocycles. The highest BCUT2D eigenvalue weighted by atomic mass is 16.5. The molecule has 1 aromatic carbocycles. The lowest BCUT2D eigenvalue weighted by molar-refractivity contribution is -0.141. The van der Waals surface area contributed by atoms with Crippen molar-refractivity contribution in [2.24, 2.45) is 152 Å². The number of carbonyl (C=O) groups excluding carboxylic acids is 2. The number of hydrogen-bond donors (Lipinski definition) is 0. The Labute approximate surface area is 389 Å². The van der Waals surface area contributed by atoms with Crippen molar-refractivity contribution in [3.05, 3.63) is 117 Å². The first-order chi connectivity index (χ1) is 32.3. The first-order valence-electron chi connectivity index (χ1n) is 27.5. The van der Waals surface area contributed by atoms with Crippen LogP contribution in [0.15, 0.2) is 112 Å². The highest BCUT2D eigenvalue weighted by Gasteiger charge is 2.95. The van der Waals surface area contributed by atoms with Gasteiger partial charge in [-0.2, -0.15) is 0 Å². The predicted molar refractivity (Wildman–Crippen MR) is 248 cm³/mol. The summed E-state index contributed by atoms with van der Waals surface area (Å²) in [7, 11) is 3.17. The van der Waals surface area contributed by atoms with Crippen LogP contribution in [-0.4, -0.2) is 26.2 Å². The van der Waals surface area contributed by atoms with Gasteiger partial charge in [-0.15, -0.1) is 0 Å². The molecule has 66 heavy (non-hydrogen) atoms. The van der Waals surface area contributed by atoms with E-state index in [0.717, 1.165) is 132 Å². The van der Waals surface area contributed by atoms with E-state index in [0.29, 0.717) is 47.8 Å². The number of benzene rings is 1. The first kappa shape index (κ1) is 36.3. The summed E-state index contributed by atoms with van der Waals surface area (Å²) < 4.78 is 10.7. The van der Waals surface area contributed by atoms with Crippen LogP contribution in [0.5, 0.6) is 0 Å². The van der Waals surface area contributed by atoms with Crippen LogP contribution in [0.2, 0.25) is 0 Å². The Morgan fingerprint density at radius 2 is 1.50 bits per heavy atom. The number of allylic oxidation sites excluding steroid dienone is 13. The van der Waals surface area contributed by atoms with Crippen LogP contribution in [0.3, 0.4) is 0 Å². The van der Waals surface area contributed by atoms with Gasteiger partial charge in [-0.05, 0) is 193 Å². The van der Waals surface area contributed by atoms with Gasteiger partial charge in [-0.1, -0.05) is 106 Å². The van der Waals surface area contributed by atoms with Crippen molar-refractivity contribution in [2.45, 2.75) is 76.5 Å². The SMILES string of the molecule is C=C(C=CC)C1(CCCC(=O)OC)C2C3=CC4CC5CC67C8C9C%10=C(CC%11=CC%12CC%13=CC21C1C%13C2C%12C(C%11%10)C%10C9C9C%11C(=C4C5C98)C3C1C%11C2%10)C6C7(CCCC(=O)OC)c1ccccc1. The Bertz CT molecular complexity index is 2870. The van der Waals surface area contributed by atoms with Gasteiger partial charge in [0.1, 0.15) is 0 Å². The van der Waals surface area contributed by atoms with Gasteiger partial charge >= 0.3 is 11.9 Å². The Balaban J connectivity index is 0.893. The molecule has 0 saturated heterocycles. The quantitative estimate of drug-likeness (QED) is 0.126. The van der Waals surface area contributed by atoms with Crippen molar-refractivity contribution in [3.63, 3.8) is 0 Å². The summed E-state index contributed by atoms with van der Waals surface area (Å²) in [4.78, 5) is 25.9. The maximum Gasteiger partial charge on any atom is 0.305 e. The first-order valence-corrected chi connectivity index (χ1v) is 27.5. The molecule has 1 aromatic rings. The minimum absolute atomic E-state index is 0.00750. The van der Waals surface area contributed by atoms with Crippen molar-refractivity contribution in [1.29, 1.82) is 0 Å². The van der Waals surface area contributed by atoms with E-state index in [9.17, 15) is 9.59 Å². The second kappa shape index (κ2) is 10.7. The van der Waals surface area contributed by atoms with E-state index in [-0.39, 0.29) is 28.2 Å². The van der Waals surface area contributed by atoms with Gasteiger partial charge in [-0.3, -0.25) is 9.59 Å². The van der Waals surface area contributed by atoms with Gasteiger partial charge in [0.2, 0.25) is 0 Å². The molecule has 0 aliphatic heterocycles. The average molecular weight is 873 g/mol. The largest absolute Gasteiger partial charge is 0.469 e. The number of fused-ring (bicyclic) bond motifs is 2. The summed E-state index contributed by atoms with van der Waals surface area (Å²) in [5.74, 6) is 17.9. The normalized spacial score (nSPS) is 59.0. The molecule has 18 aliphatic rings. The zero-order valence-electron chi connectivity index (χ0n) is 39.0. The topological polar surface area (TPSA) is 52.6 Å². The summed E-state index contributed by atoms with van der Waals surface area (Å²) >= 11 is 0. The van der Waals surface area contributed by atoms with Crippen molar-refractivity contribution < 1.29 is 19.1 Å². The molecular formula is C62H64O4. The number of carbonyl (C=O) groups is 2. The van der Waals surface area contributed by atoms with Crippen LogP contribution in [0.25, 0.3) is 0 Å². The third kappa shape index (κ3) is 3.11. The molecule has 27 unspecified atom stereocenters. The van der Waals surface area contributed by atoms with Crippen molar-refractivity contribution in [2.75, 3.05) is 14.2 Å². The third-order valence-electron chi connectivity index (χ3n) is 27.0. The lowest BCUT2D eigenvalue weighted by Crippen LogP contribution is -2.57. The maximum atomic E-state index is 13.0. The number of esters is 2. The molecule has 19 rings (SSSR count). The molecule has 336 valence electrons. The van der Waals surface area contributed by atoms with E-state index in [1.54, 1.807) is 19.8 Å². The van der Waals surface area contributed by atoms with E-state index >= 15 is 0 Å². The molecule has 4 heteroatoms. The summed E-state index contributed by atoms with van der Waals surface area (Å²) in [6, 6.07) is 12.1. The van der Waals surface area contributed by atoms with Crippen molar-refractivity contribution in [1.82, 2.24) is 0 Å². The fourth-order valence-corrected chi connectivity index (χ4v) is 27.7. The summed E-state index contributed by atoms with van der Waals surface area (Å²) in [5.41, 5.74) is 17.5. The van der Waals surface area contributed by atoms with Gasteiger partial charge in [0.25, 0.3) is 0 Å². The summed E-state index contributed by atoms with van der Waals surface area (Å²) in [6.07, 6.45) is 24.3. The van der Waals surface area contributed by atoms with E-state index in [1.165, 1.54) is 31.3 Å². The summed E-state index contributed by atoms with van der Waals surface area (Å²) in [6.45, 7) is 7.34. The van der Waals surface area contributed by atoms with Gasteiger partial charge in [0, 0.05) is 46.8 Å². The Kier molecular flexibility index (Phi) is 5.90. The van der Waals surface area contributed by atoms with Crippen LogP contribution < -0.4 is 0 Å². The number of hydrogen-bond acceptors (Lipinski definition) is 4. The molecule has 0 aromatic heterocycles. The second-order valence-corrected chi connectivity index (χ2v) is 26.8. The fraction of sp³-hybridized carbons (Fsp3) is 0.645. The Morgan fingerprint density at radius 1 is 0.742 bits per heavy atom. The third-order valence-corrected chi connectivity index (χ3v) is 27.0. The molecule has 0 heterocycles. The number of ether oxygens (including phenoxy) is 2. The molecule has 12 fully saturated rings. The Hall–Kier alpha value is -3.66. The van der Waals surface area contributed by atoms with E-state index in [4.69, 9.17) is 16.1 Å². The van der Waals surface area contributed by atoms with Gasteiger partial charge in [0.15, 0.2) is 0 Å². The molecular weight excluding hydrogens is 809 g/mol. The lowest BCUT2D eigenvalue weighted by atomic mass is 9.43. The Morgan fingerprint density at radius 3 is 2.30 bits per heavy atom. The zero-order chi connectivity index (χ0) is 43.2.